The number of fused-ring (bicyclic) bond motifs is 4. The number of benzene rings is 6. The fourth-order valence-electron chi connectivity index (χ4n) is 6.18. The van der Waals surface area contributed by atoms with Gasteiger partial charge in [0.1, 0.15) is 32.5 Å². The largest absolute Gasteiger partial charge is 0.505 e. The zero-order valence-electron chi connectivity index (χ0n) is 29.4. The van der Waals surface area contributed by atoms with Gasteiger partial charge in [-0.15, -0.1) is 20.5 Å². The third kappa shape index (κ3) is 7.55. The fourth-order valence-corrected chi connectivity index (χ4v) is 7.50. The zero-order chi connectivity index (χ0) is 40.8. The molecule has 58 heavy (non-hydrogen) atoms. The number of hydrogen-bond acceptors (Lipinski definition) is 13. The summed E-state index contributed by atoms with van der Waals surface area (Å²) in [7, 11) is -9.87. The Kier molecular flexibility index (Phi) is 9.41. The summed E-state index contributed by atoms with van der Waals surface area (Å²) in [6.07, 6.45) is 2.82. The molecule has 0 aliphatic rings. The maximum absolute atomic E-state index is 13.1. The summed E-state index contributed by atoms with van der Waals surface area (Å²) in [4.78, 5) is 20.2. The van der Waals surface area contributed by atoms with E-state index in [1.807, 2.05) is 12.1 Å². The quantitative estimate of drug-likeness (QED) is 0.0621. The molecule has 2 aromatic heterocycles. The first-order chi connectivity index (χ1) is 27.7. The summed E-state index contributed by atoms with van der Waals surface area (Å²) in [5.74, 6) is -1.20. The monoisotopic (exact) mass is 814 g/mol. The van der Waals surface area contributed by atoms with Crippen LogP contribution in [0.4, 0.5) is 38.9 Å². The predicted octanol–water partition coefficient (Wildman–Crippen LogP) is 9.47. The number of aromatic hydroxyl groups is 2. The summed E-state index contributed by atoms with van der Waals surface area (Å²) in [6, 6.07) is 27.4. The second-order valence-electron chi connectivity index (χ2n) is 12.7. The van der Waals surface area contributed by atoms with Gasteiger partial charge in [-0.3, -0.25) is 19.1 Å². The van der Waals surface area contributed by atoms with Crippen LogP contribution in [0.15, 0.2) is 152 Å². The number of anilines is 2. The highest BCUT2D eigenvalue weighted by Gasteiger charge is 2.24. The fraction of sp³-hybridized carbons (Fsp3) is 0. The first-order valence-electron chi connectivity index (χ1n) is 16.9. The Morgan fingerprint density at radius 2 is 0.931 bits per heavy atom. The Labute approximate surface area is 327 Å². The van der Waals surface area contributed by atoms with Crippen LogP contribution in [0, 0.1) is 0 Å². The van der Waals surface area contributed by atoms with Crippen LogP contribution in [-0.2, 0) is 20.2 Å². The van der Waals surface area contributed by atoms with Crippen molar-refractivity contribution in [2.75, 3.05) is 10.6 Å². The highest BCUT2D eigenvalue weighted by molar-refractivity contribution is 7.86. The van der Waals surface area contributed by atoms with Crippen LogP contribution >= 0.6 is 0 Å². The molecule has 8 rings (SSSR count). The average Bonchev–Trinajstić information content (AvgIpc) is 3.19. The molecule has 0 spiro atoms. The van der Waals surface area contributed by atoms with Crippen LogP contribution in [0.25, 0.3) is 43.4 Å². The van der Waals surface area contributed by atoms with Gasteiger partial charge in [0, 0.05) is 32.9 Å². The zero-order valence-corrected chi connectivity index (χ0v) is 31.0. The van der Waals surface area contributed by atoms with Gasteiger partial charge in [-0.05, 0) is 83.6 Å². The molecule has 0 aliphatic heterocycles. The Hall–Kier alpha value is -7.45. The molecule has 0 atom stereocenters. The summed E-state index contributed by atoms with van der Waals surface area (Å²) in [6.45, 7) is 0. The molecule has 8 aromatic rings. The number of carbonyl (C=O) groups excluding carboxylic acids is 1. The van der Waals surface area contributed by atoms with Crippen LogP contribution in [0.1, 0.15) is 0 Å². The normalized spacial score (nSPS) is 12.3. The van der Waals surface area contributed by atoms with Crippen molar-refractivity contribution in [2.45, 2.75) is 9.79 Å². The molecule has 2 heterocycles. The number of hydrogen-bond donors (Lipinski definition) is 6. The molecule has 0 fully saturated rings. The number of azo groups is 2. The summed E-state index contributed by atoms with van der Waals surface area (Å²) >= 11 is 0. The van der Waals surface area contributed by atoms with E-state index >= 15 is 0 Å². The van der Waals surface area contributed by atoms with E-state index in [9.17, 15) is 40.9 Å². The third-order valence-corrected chi connectivity index (χ3v) is 10.6. The minimum absolute atomic E-state index is 0.109. The van der Waals surface area contributed by atoms with Crippen molar-refractivity contribution < 1.29 is 40.9 Å². The van der Waals surface area contributed by atoms with E-state index in [1.54, 1.807) is 48.5 Å². The number of phenolic OH excluding ortho intramolecular Hbond substituents is 2. The highest BCUT2D eigenvalue weighted by atomic mass is 32.2. The SMILES string of the molecule is O=C(Nc1ccc2c(O)c(N=Nc3cnc4ccccc4c3)c(S(=O)(=O)O)cc2c1)Nc1ccc2c(O)c(N=Nc3cnc4ccccc4c3)c(S(=O)(=O)O)cc2c1. The molecule has 6 N–H and O–H groups in total. The molecule has 0 aliphatic carbocycles. The van der Waals surface area contributed by atoms with E-state index in [2.05, 4.69) is 41.1 Å². The van der Waals surface area contributed by atoms with Gasteiger partial charge in [-0.2, -0.15) is 16.8 Å². The van der Waals surface area contributed by atoms with E-state index in [0.29, 0.717) is 11.0 Å². The van der Waals surface area contributed by atoms with Crippen molar-refractivity contribution in [2.24, 2.45) is 20.5 Å². The maximum atomic E-state index is 13.1. The van der Waals surface area contributed by atoms with E-state index < -0.39 is 58.9 Å². The molecule has 6 aromatic carbocycles. The van der Waals surface area contributed by atoms with Crippen LogP contribution in [-0.4, -0.2) is 52.2 Å². The molecule has 0 saturated heterocycles. The van der Waals surface area contributed by atoms with Crippen molar-refractivity contribution in [1.29, 1.82) is 0 Å². The van der Waals surface area contributed by atoms with Crippen molar-refractivity contribution >= 4 is 104 Å². The number of rotatable bonds is 8. The maximum Gasteiger partial charge on any atom is 0.323 e. The Morgan fingerprint density at radius 1 is 0.517 bits per heavy atom. The van der Waals surface area contributed by atoms with Crippen molar-refractivity contribution in [3.63, 3.8) is 0 Å². The van der Waals surface area contributed by atoms with Crippen molar-refractivity contribution in [1.82, 2.24) is 9.97 Å². The number of pyridine rings is 2. The molecule has 17 nitrogen and oxygen atoms in total. The van der Waals surface area contributed by atoms with Gasteiger partial charge in [0.25, 0.3) is 20.2 Å². The topological polar surface area (TPSA) is 266 Å². The number of urea groups is 1. The molecule has 19 heteroatoms. The smallest absolute Gasteiger partial charge is 0.323 e. The molecule has 2 amide bonds. The van der Waals surface area contributed by atoms with Gasteiger partial charge in [0.15, 0.2) is 11.5 Å². The number of nitrogens with one attached hydrogen (secondary N) is 2. The molecule has 0 unspecified atom stereocenters. The molecule has 0 saturated carbocycles. The Morgan fingerprint density at radius 3 is 1.34 bits per heavy atom. The summed E-state index contributed by atoms with van der Waals surface area (Å²) in [5, 5.41) is 45.2. The molecular formula is C39H26N8O9S2. The van der Waals surface area contributed by atoms with Gasteiger partial charge in [0.05, 0.1) is 23.4 Å². The first-order valence-corrected chi connectivity index (χ1v) is 19.7. The van der Waals surface area contributed by atoms with Gasteiger partial charge < -0.3 is 20.8 Å². The third-order valence-electron chi connectivity index (χ3n) is 8.86. The number of amides is 2. The van der Waals surface area contributed by atoms with E-state index in [4.69, 9.17) is 0 Å². The number of aromatic nitrogens is 2. The molecule has 0 bridgehead atoms. The molecule has 0 radical (unpaired) electrons. The van der Waals surface area contributed by atoms with Crippen LogP contribution in [0.2, 0.25) is 0 Å². The number of carbonyl (C=O) groups is 1. The minimum Gasteiger partial charge on any atom is -0.505 e. The predicted molar refractivity (Wildman–Crippen MR) is 215 cm³/mol. The lowest BCUT2D eigenvalue weighted by Gasteiger charge is -2.13. The van der Waals surface area contributed by atoms with Crippen LogP contribution < -0.4 is 10.6 Å². The molecule has 288 valence electrons. The first kappa shape index (κ1) is 37.5. The van der Waals surface area contributed by atoms with Crippen molar-refractivity contribution in [3.05, 3.63) is 122 Å². The van der Waals surface area contributed by atoms with Crippen LogP contribution in [0.5, 0.6) is 11.5 Å². The van der Waals surface area contributed by atoms with Crippen molar-refractivity contribution in [3.8, 4) is 11.5 Å². The number of nitrogens with zero attached hydrogens (tertiary/aromatic N) is 6. The Bertz CT molecular complexity index is 3090. The highest BCUT2D eigenvalue weighted by Crippen LogP contribution is 2.44. The van der Waals surface area contributed by atoms with Gasteiger partial charge in [-0.25, -0.2) is 4.79 Å². The summed E-state index contributed by atoms with van der Waals surface area (Å²) in [5.41, 5.74) is 1.17. The van der Waals surface area contributed by atoms with Gasteiger partial charge >= 0.3 is 6.03 Å². The average molecular weight is 815 g/mol. The molecular weight excluding hydrogens is 789 g/mol. The lowest BCUT2D eigenvalue weighted by molar-refractivity contribution is 0.262. The van der Waals surface area contributed by atoms with Crippen LogP contribution in [0.3, 0.4) is 0 Å². The van der Waals surface area contributed by atoms with E-state index in [1.165, 1.54) is 48.8 Å². The second-order valence-corrected chi connectivity index (χ2v) is 15.5. The Balaban J connectivity index is 1.05. The van der Waals surface area contributed by atoms with E-state index in [-0.39, 0.29) is 44.3 Å². The number of para-hydroxylation sites is 2. The standard InChI is InChI=1S/C39H26N8O9S2/c48-37-29-11-9-25(15-23(29)17-33(57(51,52)53)35(37)46-44-27-13-21-5-1-3-7-31(21)40-19-27)42-39(50)43-26-10-12-30-24(16-26)18-34(58(54,55)56)36(38(30)49)47-45-28-14-22-6-2-4-8-32(22)41-20-28/h1-20,48-49H,(H2,42,43,50)(H,51,52,53)(H,54,55,56). The number of phenols is 2. The van der Waals surface area contributed by atoms with Gasteiger partial charge in [0.2, 0.25) is 0 Å². The lowest BCUT2D eigenvalue weighted by atomic mass is 10.1. The van der Waals surface area contributed by atoms with E-state index in [0.717, 1.165) is 22.9 Å². The second kappa shape index (κ2) is 14.6. The van der Waals surface area contributed by atoms with Gasteiger partial charge in [-0.1, -0.05) is 36.4 Å². The summed E-state index contributed by atoms with van der Waals surface area (Å²) < 4.78 is 69.7. The lowest BCUT2D eigenvalue weighted by Crippen LogP contribution is -2.19. The minimum atomic E-state index is -4.94.